The number of hydrogen-bond donors (Lipinski definition) is 2. The molecule has 2 heterocycles. The van der Waals surface area contributed by atoms with Crippen LogP contribution in [0.2, 0.25) is 0 Å². The average Bonchev–Trinajstić information content (AvgIpc) is 3.05. The summed E-state index contributed by atoms with van der Waals surface area (Å²) in [5, 5.41) is 0. The van der Waals surface area contributed by atoms with E-state index in [1.807, 2.05) is 18.4 Å². The molecular weight excluding hydrogens is 278 g/mol. The highest BCUT2D eigenvalue weighted by atomic mass is 32.2. The Morgan fingerprint density at radius 3 is 2.70 bits per heavy atom. The molecule has 7 heteroatoms. The number of hydrogen-bond acceptors (Lipinski definition) is 4. The molecule has 0 spiro atoms. The molecule has 2 aromatic rings. The maximum atomic E-state index is 12.2. The number of nitrogens with two attached hydrogens (primary N) is 1. The summed E-state index contributed by atoms with van der Waals surface area (Å²) in [5.41, 5.74) is 6.44. The van der Waals surface area contributed by atoms with Crippen LogP contribution in [0.5, 0.6) is 0 Å². The number of nitrogens with one attached hydrogen (secondary N) is 1. The molecule has 0 radical (unpaired) electrons. The van der Waals surface area contributed by atoms with Crippen LogP contribution in [0.15, 0.2) is 40.0 Å². The van der Waals surface area contributed by atoms with Gasteiger partial charge in [0, 0.05) is 24.5 Å². The lowest BCUT2D eigenvalue weighted by atomic mass is 10.3. The summed E-state index contributed by atoms with van der Waals surface area (Å²) < 4.78 is 33.9. The highest BCUT2D eigenvalue weighted by Crippen LogP contribution is 2.18. The van der Waals surface area contributed by atoms with E-state index in [1.54, 1.807) is 24.4 Å². The third kappa shape index (κ3) is 3.12. The lowest BCUT2D eigenvalue weighted by Gasteiger charge is -2.10. The van der Waals surface area contributed by atoms with Crippen LogP contribution in [0.1, 0.15) is 31.3 Å². The summed E-state index contributed by atoms with van der Waals surface area (Å²) in [6.07, 6.45) is 3.11. The topological polar surface area (TPSA) is 90.3 Å². The van der Waals surface area contributed by atoms with Crippen molar-refractivity contribution in [3.8, 4) is 0 Å². The van der Waals surface area contributed by atoms with Gasteiger partial charge in [0.25, 0.3) is 0 Å². The molecule has 0 bridgehead atoms. The molecule has 6 nitrogen and oxygen atoms in total. The number of aromatic nitrogens is 1. The Morgan fingerprint density at radius 2 is 2.20 bits per heavy atom. The van der Waals surface area contributed by atoms with E-state index in [-0.39, 0.29) is 17.5 Å². The molecule has 2 aromatic heterocycles. The third-order valence-corrected chi connectivity index (χ3v) is 4.37. The number of sulfonamides is 1. The fraction of sp³-hybridized carbons (Fsp3) is 0.385. The van der Waals surface area contributed by atoms with Crippen LogP contribution in [0.25, 0.3) is 0 Å². The molecule has 2 rings (SSSR count). The fourth-order valence-electron chi connectivity index (χ4n) is 1.95. The third-order valence-electron chi connectivity index (χ3n) is 3.00. The van der Waals surface area contributed by atoms with E-state index in [4.69, 9.17) is 10.2 Å². The zero-order valence-electron chi connectivity index (χ0n) is 11.5. The molecular formula is C13H19N3O3S. The van der Waals surface area contributed by atoms with Crippen LogP contribution >= 0.6 is 0 Å². The van der Waals surface area contributed by atoms with Gasteiger partial charge < -0.3 is 14.7 Å². The predicted molar refractivity (Wildman–Crippen MR) is 75.4 cm³/mol. The minimum atomic E-state index is -3.57. The van der Waals surface area contributed by atoms with Crippen LogP contribution in [-0.4, -0.2) is 13.0 Å². The summed E-state index contributed by atoms with van der Waals surface area (Å²) in [7, 11) is -3.57. The molecule has 0 fully saturated rings. The van der Waals surface area contributed by atoms with Crippen LogP contribution in [0.4, 0.5) is 0 Å². The van der Waals surface area contributed by atoms with Gasteiger partial charge in [0.05, 0.1) is 17.7 Å². The first-order valence-electron chi connectivity index (χ1n) is 6.37. The zero-order valence-corrected chi connectivity index (χ0v) is 12.4. The number of rotatable bonds is 6. The predicted octanol–water partition coefficient (Wildman–Crippen LogP) is 1.60. The Hall–Kier alpha value is -1.57. The Labute approximate surface area is 118 Å². The van der Waals surface area contributed by atoms with E-state index < -0.39 is 10.0 Å². The molecule has 0 saturated heterocycles. The fourth-order valence-corrected chi connectivity index (χ4v) is 2.99. The highest BCUT2D eigenvalue weighted by Gasteiger charge is 2.19. The molecule has 0 amide bonds. The van der Waals surface area contributed by atoms with Crippen LogP contribution in [0.3, 0.4) is 0 Å². The van der Waals surface area contributed by atoms with Gasteiger partial charge in [-0.2, -0.15) is 0 Å². The quantitative estimate of drug-likeness (QED) is 0.847. The van der Waals surface area contributed by atoms with Gasteiger partial charge in [0.2, 0.25) is 10.0 Å². The van der Waals surface area contributed by atoms with Crippen molar-refractivity contribution in [3.63, 3.8) is 0 Å². The van der Waals surface area contributed by atoms with Gasteiger partial charge in [0.15, 0.2) is 0 Å². The van der Waals surface area contributed by atoms with Gasteiger partial charge >= 0.3 is 0 Å². The normalized spacial score (nSPS) is 12.2. The Morgan fingerprint density at radius 1 is 1.45 bits per heavy atom. The summed E-state index contributed by atoms with van der Waals surface area (Å²) in [4.78, 5) is 0.221. The summed E-state index contributed by atoms with van der Waals surface area (Å²) in [6, 6.07) is 5.19. The van der Waals surface area contributed by atoms with Gasteiger partial charge in [-0.3, -0.25) is 0 Å². The molecule has 0 aromatic carbocycles. The van der Waals surface area contributed by atoms with E-state index in [9.17, 15) is 8.42 Å². The van der Waals surface area contributed by atoms with Crippen molar-refractivity contribution in [3.05, 3.63) is 42.1 Å². The van der Waals surface area contributed by atoms with Gasteiger partial charge in [-0.25, -0.2) is 13.1 Å². The molecule has 3 N–H and O–H groups in total. The van der Waals surface area contributed by atoms with Gasteiger partial charge in [-0.1, -0.05) is 0 Å². The van der Waals surface area contributed by atoms with Crippen LogP contribution < -0.4 is 10.5 Å². The van der Waals surface area contributed by atoms with Crippen molar-refractivity contribution in [2.24, 2.45) is 5.73 Å². The minimum Gasteiger partial charge on any atom is -0.468 e. The van der Waals surface area contributed by atoms with Crippen molar-refractivity contribution < 1.29 is 12.8 Å². The second kappa shape index (κ2) is 5.82. The monoisotopic (exact) mass is 297 g/mol. The standard InChI is InChI=1S/C13H19N3O3S/c1-10(2)16-9-13(6-11(16)7-14)20(17,18)15-8-12-4-3-5-19-12/h3-6,9-10,15H,7-8,14H2,1-2H3. The second-order valence-electron chi connectivity index (χ2n) is 4.78. The zero-order chi connectivity index (χ0) is 14.8. The lowest BCUT2D eigenvalue weighted by Crippen LogP contribution is -2.22. The SMILES string of the molecule is CC(C)n1cc(S(=O)(=O)NCc2ccco2)cc1CN. The van der Waals surface area contributed by atoms with Gasteiger partial charge in [-0.05, 0) is 32.0 Å². The van der Waals surface area contributed by atoms with Crippen molar-refractivity contribution in [2.45, 2.75) is 37.9 Å². The summed E-state index contributed by atoms with van der Waals surface area (Å²) in [6.45, 7) is 4.38. The van der Waals surface area contributed by atoms with Crippen molar-refractivity contribution in [1.29, 1.82) is 0 Å². The van der Waals surface area contributed by atoms with E-state index in [0.29, 0.717) is 12.3 Å². The average molecular weight is 297 g/mol. The molecule has 20 heavy (non-hydrogen) atoms. The van der Waals surface area contributed by atoms with Crippen LogP contribution in [-0.2, 0) is 23.1 Å². The lowest BCUT2D eigenvalue weighted by molar-refractivity contribution is 0.498. The first-order chi connectivity index (χ1) is 9.44. The maximum Gasteiger partial charge on any atom is 0.242 e. The van der Waals surface area contributed by atoms with E-state index in [2.05, 4.69) is 4.72 Å². The van der Waals surface area contributed by atoms with Crippen molar-refractivity contribution >= 4 is 10.0 Å². The molecule has 0 saturated carbocycles. The molecule has 0 unspecified atom stereocenters. The number of furan rings is 1. The molecule has 0 aliphatic carbocycles. The minimum absolute atomic E-state index is 0.125. The van der Waals surface area contributed by atoms with E-state index in [1.165, 1.54) is 6.26 Å². The van der Waals surface area contributed by atoms with Crippen molar-refractivity contribution in [2.75, 3.05) is 0 Å². The molecule has 0 atom stereocenters. The Bertz CT molecular complexity index is 657. The smallest absolute Gasteiger partial charge is 0.242 e. The first-order valence-corrected chi connectivity index (χ1v) is 7.85. The van der Waals surface area contributed by atoms with E-state index in [0.717, 1.165) is 5.69 Å². The Kier molecular flexibility index (Phi) is 4.32. The molecule has 0 aliphatic rings. The first kappa shape index (κ1) is 14.8. The molecule has 110 valence electrons. The van der Waals surface area contributed by atoms with Gasteiger partial charge in [0.1, 0.15) is 5.76 Å². The van der Waals surface area contributed by atoms with Crippen LogP contribution in [0, 0.1) is 0 Å². The van der Waals surface area contributed by atoms with Gasteiger partial charge in [-0.15, -0.1) is 0 Å². The summed E-state index contributed by atoms with van der Waals surface area (Å²) in [5.74, 6) is 0.566. The van der Waals surface area contributed by atoms with Crippen molar-refractivity contribution in [1.82, 2.24) is 9.29 Å². The van der Waals surface area contributed by atoms with E-state index >= 15 is 0 Å². The molecule has 0 aliphatic heterocycles. The second-order valence-corrected chi connectivity index (χ2v) is 6.54. The highest BCUT2D eigenvalue weighted by molar-refractivity contribution is 7.89. The summed E-state index contributed by atoms with van der Waals surface area (Å²) >= 11 is 0. The Balaban J connectivity index is 2.21. The maximum absolute atomic E-state index is 12.2. The number of nitrogens with zero attached hydrogens (tertiary/aromatic N) is 1. The largest absolute Gasteiger partial charge is 0.468 e.